The van der Waals surface area contributed by atoms with Crippen LogP contribution in [0.1, 0.15) is 11.1 Å². The Bertz CT molecular complexity index is 1170. The Kier molecular flexibility index (Phi) is 6.64. The van der Waals surface area contributed by atoms with Crippen LogP contribution < -0.4 is 15.7 Å². The van der Waals surface area contributed by atoms with E-state index < -0.39 is 35.2 Å². The fourth-order valence-electron chi connectivity index (χ4n) is 3.21. The monoisotopic (exact) mass is 431 g/mol. The molecule has 162 valence electrons. The molecule has 0 saturated heterocycles. The fourth-order valence-corrected chi connectivity index (χ4v) is 3.21. The first-order chi connectivity index (χ1) is 14.8. The molecule has 9 heteroatoms. The maximum atomic E-state index is 13.4. The molecule has 0 aliphatic heterocycles. The van der Waals surface area contributed by atoms with Crippen molar-refractivity contribution < 1.29 is 32.3 Å². The van der Waals surface area contributed by atoms with Crippen LogP contribution in [-0.4, -0.2) is 32.1 Å². The maximum absolute atomic E-state index is 13.4. The molecule has 7 nitrogen and oxygen atoms in total. The molecule has 1 amide bonds. The van der Waals surface area contributed by atoms with Gasteiger partial charge in [0, 0.05) is 30.0 Å². The van der Waals surface area contributed by atoms with Gasteiger partial charge in [0.1, 0.15) is 29.0 Å². The van der Waals surface area contributed by atoms with Crippen LogP contribution in [-0.2, 0) is 27.2 Å². The van der Waals surface area contributed by atoms with Crippen LogP contribution >= 0.6 is 0 Å². The van der Waals surface area contributed by atoms with Crippen LogP contribution in [0.25, 0.3) is 11.0 Å². The van der Waals surface area contributed by atoms with E-state index in [1.807, 2.05) is 0 Å². The molecule has 0 aliphatic rings. The van der Waals surface area contributed by atoms with Crippen molar-refractivity contribution in [3.05, 3.63) is 75.6 Å². The molecule has 0 spiro atoms. The van der Waals surface area contributed by atoms with Gasteiger partial charge >= 0.3 is 11.6 Å². The lowest BCUT2D eigenvalue weighted by Gasteiger charge is -2.17. The molecule has 1 atom stereocenters. The van der Waals surface area contributed by atoms with E-state index in [9.17, 15) is 23.2 Å². The molecule has 31 heavy (non-hydrogen) atoms. The number of fused-ring (bicyclic) bond motifs is 1. The Morgan fingerprint density at radius 1 is 1.06 bits per heavy atom. The van der Waals surface area contributed by atoms with Gasteiger partial charge in [-0.25, -0.2) is 18.4 Å². The number of amides is 1. The molecule has 1 N–H and O–H groups in total. The minimum atomic E-state index is -1.14. The summed E-state index contributed by atoms with van der Waals surface area (Å²) >= 11 is 0. The highest BCUT2D eigenvalue weighted by molar-refractivity contribution is 5.87. The first-order valence-electron chi connectivity index (χ1n) is 9.22. The molecule has 0 unspecified atom stereocenters. The summed E-state index contributed by atoms with van der Waals surface area (Å²) in [5.41, 5.74) is 0.172. The van der Waals surface area contributed by atoms with Gasteiger partial charge in [-0.2, -0.15) is 0 Å². The number of ether oxygens (including phenoxy) is 2. The quantitative estimate of drug-likeness (QED) is 0.456. The average molecular weight is 431 g/mol. The number of esters is 1. The van der Waals surface area contributed by atoms with E-state index in [4.69, 9.17) is 13.9 Å². The average Bonchev–Trinajstić information content (AvgIpc) is 2.71. The zero-order valence-corrected chi connectivity index (χ0v) is 16.7. The van der Waals surface area contributed by atoms with Crippen molar-refractivity contribution in [3.8, 4) is 5.75 Å². The van der Waals surface area contributed by atoms with Gasteiger partial charge in [-0.05, 0) is 35.4 Å². The summed E-state index contributed by atoms with van der Waals surface area (Å²) in [6, 6.07) is 7.69. The van der Waals surface area contributed by atoms with E-state index in [0.29, 0.717) is 22.8 Å². The zero-order valence-electron chi connectivity index (χ0n) is 16.7. The molecular formula is C22H19F2NO6. The first-order valence-corrected chi connectivity index (χ1v) is 9.22. The fraction of sp³-hybridized carbons (Fsp3) is 0.227. The van der Waals surface area contributed by atoms with Gasteiger partial charge < -0.3 is 19.2 Å². The van der Waals surface area contributed by atoms with Crippen LogP contribution in [0.4, 0.5) is 8.78 Å². The van der Waals surface area contributed by atoms with Crippen molar-refractivity contribution in [1.82, 2.24) is 5.32 Å². The molecule has 0 fully saturated rings. The van der Waals surface area contributed by atoms with Gasteiger partial charge in [-0.3, -0.25) is 4.79 Å². The SMILES string of the molecule is COC(=O)[C@H](Cc1cc(=O)oc2cc(OC)ccc12)NC(=O)Cc1cc(F)cc(F)c1. The molecule has 0 bridgehead atoms. The number of hydrogen-bond acceptors (Lipinski definition) is 6. The third-order valence-corrected chi connectivity index (χ3v) is 4.57. The number of carbonyl (C=O) groups is 2. The molecule has 3 aromatic rings. The Balaban J connectivity index is 1.86. The van der Waals surface area contributed by atoms with Crippen LogP contribution in [0.5, 0.6) is 5.75 Å². The normalized spacial score (nSPS) is 11.7. The first kappa shape index (κ1) is 21.9. The third-order valence-electron chi connectivity index (χ3n) is 4.57. The van der Waals surface area contributed by atoms with E-state index >= 15 is 0 Å². The van der Waals surface area contributed by atoms with Crippen LogP contribution in [0.15, 0.2) is 51.7 Å². The minimum absolute atomic E-state index is 0.0651. The number of carbonyl (C=O) groups excluding carboxylic acids is 2. The molecule has 3 rings (SSSR count). The van der Waals surface area contributed by atoms with E-state index in [2.05, 4.69) is 5.32 Å². The van der Waals surface area contributed by atoms with Crippen molar-refractivity contribution in [1.29, 1.82) is 0 Å². The van der Waals surface area contributed by atoms with Gasteiger partial charge in [0.05, 0.1) is 20.6 Å². The summed E-state index contributed by atoms with van der Waals surface area (Å²) in [6.07, 6.45) is -0.415. The lowest BCUT2D eigenvalue weighted by Crippen LogP contribution is -2.43. The van der Waals surface area contributed by atoms with Crippen LogP contribution in [0.3, 0.4) is 0 Å². The van der Waals surface area contributed by atoms with Crippen molar-refractivity contribution in [2.45, 2.75) is 18.9 Å². The second kappa shape index (κ2) is 9.38. The van der Waals surface area contributed by atoms with Crippen LogP contribution in [0, 0.1) is 11.6 Å². The van der Waals surface area contributed by atoms with Gasteiger partial charge in [0.2, 0.25) is 5.91 Å². The number of benzene rings is 2. The van der Waals surface area contributed by atoms with E-state index in [1.165, 1.54) is 19.2 Å². The highest BCUT2D eigenvalue weighted by atomic mass is 19.1. The van der Waals surface area contributed by atoms with Crippen molar-refractivity contribution in [3.63, 3.8) is 0 Å². The Morgan fingerprint density at radius 2 is 1.77 bits per heavy atom. The lowest BCUT2D eigenvalue weighted by atomic mass is 10.0. The standard InChI is InChI=1S/C22H19F2NO6/c1-29-16-3-4-17-13(9-21(27)31-19(17)11-16)8-18(22(28)30-2)25-20(26)7-12-5-14(23)10-15(24)6-12/h3-6,9-11,18H,7-8H2,1-2H3,(H,25,26)/t18-/m0/s1. The summed E-state index contributed by atoms with van der Waals surface area (Å²) in [5.74, 6) is -2.54. The van der Waals surface area contributed by atoms with Gasteiger partial charge in [-0.1, -0.05) is 0 Å². The lowest BCUT2D eigenvalue weighted by molar-refractivity contribution is -0.145. The molecule has 0 radical (unpaired) electrons. The predicted molar refractivity (Wildman–Crippen MR) is 107 cm³/mol. The van der Waals surface area contributed by atoms with Crippen molar-refractivity contribution in [2.75, 3.05) is 14.2 Å². The van der Waals surface area contributed by atoms with E-state index in [-0.39, 0.29) is 24.0 Å². The molecular weight excluding hydrogens is 412 g/mol. The molecule has 0 saturated carbocycles. The second-order valence-electron chi connectivity index (χ2n) is 6.75. The van der Waals surface area contributed by atoms with Crippen LogP contribution in [0.2, 0.25) is 0 Å². The minimum Gasteiger partial charge on any atom is -0.497 e. The predicted octanol–water partition coefficient (Wildman–Crippen LogP) is 2.52. The Morgan fingerprint density at radius 3 is 2.42 bits per heavy atom. The molecule has 1 heterocycles. The smallest absolute Gasteiger partial charge is 0.336 e. The van der Waals surface area contributed by atoms with E-state index in [1.54, 1.807) is 12.1 Å². The summed E-state index contributed by atoms with van der Waals surface area (Å²) in [5, 5.41) is 3.05. The summed E-state index contributed by atoms with van der Waals surface area (Å²) in [7, 11) is 2.63. The number of hydrogen-bond donors (Lipinski definition) is 1. The number of methoxy groups -OCH3 is 2. The topological polar surface area (TPSA) is 94.8 Å². The highest BCUT2D eigenvalue weighted by Gasteiger charge is 2.24. The maximum Gasteiger partial charge on any atom is 0.336 e. The Hall–Kier alpha value is -3.75. The molecule has 0 aliphatic carbocycles. The number of halogens is 2. The second-order valence-corrected chi connectivity index (χ2v) is 6.75. The van der Waals surface area contributed by atoms with Gasteiger partial charge in [0.25, 0.3) is 0 Å². The van der Waals surface area contributed by atoms with E-state index in [0.717, 1.165) is 19.2 Å². The van der Waals surface area contributed by atoms with Crippen molar-refractivity contribution in [2.24, 2.45) is 0 Å². The third kappa shape index (κ3) is 5.44. The number of nitrogens with one attached hydrogen (secondary N) is 1. The van der Waals surface area contributed by atoms with Gasteiger partial charge in [-0.15, -0.1) is 0 Å². The summed E-state index contributed by atoms with van der Waals surface area (Å²) < 4.78 is 41.8. The largest absolute Gasteiger partial charge is 0.497 e. The molecule has 2 aromatic carbocycles. The number of rotatable bonds is 7. The molecule has 1 aromatic heterocycles. The highest BCUT2D eigenvalue weighted by Crippen LogP contribution is 2.23. The zero-order chi connectivity index (χ0) is 22.5. The van der Waals surface area contributed by atoms with Crippen molar-refractivity contribution >= 4 is 22.8 Å². The summed E-state index contributed by atoms with van der Waals surface area (Å²) in [6.45, 7) is 0. The van der Waals surface area contributed by atoms with Gasteiger partial charge in [0.15, 0.2) is 0 Å². The Labute approximate surface area is 175 Å². The summed E-state index contributed by atoms with van der Waals surface area (Å²) in [4.78, 5) is 36.6.